The summed E-state index contributed by atoms with van der Waals surface area (Å²) in [6.45, 7) is 4.72. The number of carbonyl (C=O) groups excluding carboxylic acids is 1. The summed E-state index contributed by atoms with van der Waals surface area (Å²) in [5, 5.41) is 0. The summed E-state index contributed by atoms with van der Waals surface area (Å²) in [4.78, 5) is 31.7. The fraction of sp³-hybridized carbons (Fsp3) is 0.219. The van der Waals surface area contributed by atoms with Crippen molar-refractivity contribution < 1.29 is 28.1 Å². The van der Waals surface area contributed by atoms with Crippen molar-refractivity contribution in [3.63, 3.8) is 0 Å². The number of carbonyl (C=O) groups is 1. The van der Waals surface area contributed by atoms with E-state index in [9.17, 15) is 14.0 Å². The van der Waals surface area contributed by atoms with Gasteiger partial charge in [-0.25, -0.2) is 14.2 Å². The number of benzene rings is 3. The van der Waals surface area contributed by atoms with Crippen LogP contribution in [0.5, 0.6) is 17.2 Å². The fourth-order valence-corrected chi connectivity index (χ4v) is 7.80. The van der Waals surface area contributed by atoms with Crippen LogP contribution >= 0.6 is 56.5 Å². The molecule has 0 fully saturated rings. The summed E-state index contributed by atoms with van der Waals surface area (Å²) in [6.07, 6.45) is 3.24. The molecule has 1 aliphatic heterocycles. The highest BCUT2D eigenvalue weighted by Crippen LogP contribution is 2.35. The largest absolute Gasteiger partial charge is 0.490 e. The first-order valence-corrected chi connectivity index (χ1v) is 16.6. The van der Waals surface area contributed by atoms with Crippen molar-refractivity contribution in [3.8, 4) is 17.2 Å². The zero-order valence-corrected chi connectivity index (χ0v) is 29.1. The summed E-state index contributed by atoms with van der Waals surface area (Å²) >= 11 is 5.57. The second kappa shape index (κ2) is 14.2. The van der Waals surface area contributed by atoms with E-state index in [0.717, 1.165) is 12.7 Å². The van der Waals surface area contributed by atoms with E-state index in [2.05, 4.69) is 50.2 Å². The number of fused-ring (bicyclic) bond motifs is 1. The lowest BCUT2D eigenvalue weighted by molar-refractivity contribution is -0.136. The fourth-order valence-electron chi connectivity index (χ4n) is 4.70. The molecule has 0 radical (unpaired) electrons. The number of ether oxygens (including phenoxy) is 4. The number of halogens is 3. The van der Waals surface area contributed by atoms with Gasteiger partial charge in [0.15, 0.2) is 16.3 Å². The van der Waals surface area contributed by atoms with Gasteiger partial charge in [0.1, 0.15) is 18.2 Å². The quantitative estimate of drug-likeness (QED) is 0.150. The Labute approximate surface area is 284 Å². The van der Waals surface area contributed by atoms with Crippen molar-refractivity contribution >= 4 is 68.6 Å². The average Bonchev–Trinajstić information content (AvgIpc) is 3.32. The average molecular weight is 840 g/mol. The Morgan fingerprint density at radius 3 is 2.41 bits per heavy atom. The van der Waals surface area contributed by atoms with E-state index in [1.807, 2.05) is 32.0 Å². The Morgan fingerprint density at radius 1 is 1.02 bits per heavy atom. The minimum Gasteiger partial charge on any atom is -0.490 e. The molecular weight excluding hydrogens is 813 g/mol. The number of nitrogens with zero attached hydrogens (tertiary/aromatic N) is 2. The number of thiazole rings is 1. The van der Waals surface area contributed by atoms with Crippen LogP contribution in [-0.4, -0.2) is 30.9 Å². The molecule has 0 saturated carbocycles. The standard InChI is InChI=1S/C32H27FI2N2O6S/c1-4-41-25-11-10-19(15-26(25)42-5-2)28-21(31(39)40-3)16-36-32-37(28)30(38)27(44-32)14-18-12-23(34)29(24(35)13-18)43-17-20-8-6-7-9-22(20)33/h6-16,28H,4-5,17H2,1-3H3/b27-14-/t28-/m1/s1. The number of hydrogen-bond donors (Lipinski definition) is 0. The summed E-state index contributed by atoms with van der Waals surface area (Å²) in [6, 6.07) is 14.9. The molecule has 1 aromatic heterocycles. The van der Waals surface area contributed by atoms with Gasteiger partial charge in [-0.2, -0.15) is 0 Å². The summed E-state index contributed by atoms with van der Waals surface area (Å²) in [5.74, 6) is 0.806. The SMILES string of the molecule is CCOc1ccc([C@@H]2C(C(=O)OC)=CN=c3s/c(=C\c4cc(I)c(OCc5ccccc5F)c(I)c4)c(=O)n32)cc1OCC. The Kier molecular flexibility index (Phi) is 10.4. The smallest absolute Gasteiger partial charge is 0.337 e. The van der Waals surface area contributed by atoms with Gasteiger partial charge in [0.25, 0.3) is 5.56 Å². The highest BCUT2D eigenvalue weighted by molar-refractivity contribution is 14.1. The van der Waals surface area contributed by atoms with E-state index >= 15 is 0 Å². The molecule has 228 valence electrons. The minimum atomic E-state index is -0.787. The third-order valence-electron chi connectivity index (χ3n) is 6.66. The first-order valence-electron chi connectivity index (χ1n) is 13.6. The monoisotopic (exact) mass is 840 g/mol. The lowest BCUT2D eigenvalue weighted by Gasteiger charge is -2.23. The lowest BCUT2D eigenvalue weighted by atomic mass is 9.97. The molecule has 1 atom stereocenters. The zero-order chi connectivity index (χ0) is 31.4. The predicted octanol–water partition coefficient (Wildman–Crippen LogP) is 5.74. The van der Waals surface area contributed by atoms with Crippen molar-refractivity contribution in [2.75, 3.05) is 20.3 Å². The summed E-state index contributed by atoms with van der Waals surface area (Å²) in [7, 11) is 1.29. The van der Waals surface area contributed by atoms with Crippen LogP contribution in [0, 0.1) is 13.0 Å². The minimum absolute atomic E-state index is 0.0930. The maximum absolute atomic E-state index is 14.1. The molecule has 0 amide bonds. The number of hydrogen-bond acceptors (Lipinski definition) is 8. The Morgan fingerprint density at radius 2 is 1.73 bits per heavy atom. The lowest BCUT2D eigenvalue weighted by Crippen LogP contribution is -2.39. The van der Waals surface area contributed by atoms with Gasteiger partial charge >= 0.3 is 5.97 Å². The first-order chi connectivity index (χ1) is 21.2. The highest BCUT2D eigenvalue weighted by Gasteiger charge is 2.31. The maximum Gasteiger partial charge on any atom is 0.337 e. The van der Waals surface area contributed by atoms with Gasteiger partial charge in [-0.3, -0.25) is 9.36 Å². The molecule has 0 aliphatic carbocycles. The van der Waals surface area contributed by atoms with Gasteiger partial charge in [-0.1, -0.05) is 35.6 Å². The Hall–Kier alpha value is -3.24. The molecule has 0 unspecified atom stereocenters. The van der Waals surface area contributed by atoms with E-state index < -0.39 is 12.0 Å². The predicted molar refractivity (Wildman–Crippen MR) is 183 cm³/mol. The van der Waals surface area contributed by atoms with Gasteiger partial charge in [0, 0.05) is 11.8 Å². The summed E-state index contributed by atoms with van der Waals surface area (Å²) < 4.78 is 40.2. The van der Waals surface area contributed by atoms with Crippen LogP contribution in [0.2, 0.25) is 0 Å². The summed E-state index contributed by atoms with van der Waals surface area (Å²) in [5.41, 5.74) is 1.82. The number of aromatic nitrogens is 1. The molecule has 44 heavy (non-hydrogen) atoms. The normalized spacial score (nSPS) is 14.4. The number of esters is 1. The van der Waals surface area contributed by atoms with Gasteiger partial charge < -0.3 is 18.9 Å². The van der Waals surface area contributed by atoms with E-state index in [1.54, 1.807) is 36.4 Å². The molecule has 0 saturated heterocycles. The van der Waals surface area contributed by atoms with Gasteiger partial charge in [-0.05, 0) is 107 Å². The van der Waals surface area contributed by atoms with Crippen LogP contribution in [0.3, 0.4) is 0 Å². The van der Waals surface area contributed by atoms with Crippen molar-refractivity contribution in [2.24, 2.45) is 4.99 Å². The topological polar surface area (TPSA) is 88.4 Å². The second-order valence-electron chi connectivity index (χ2n) is 9.44. The van der Waals surface area contributed by atoms with Gasteiger partial charge in [0.2, 0.25) is 0 Å². The Bertz CT molecular complexity index is 1910. The van der Waals surface area contributed by atoms with E-state index in [1.165, 1.54) is 35.3 Å². The molecule has 0 spiro atoms. The molecule has 8 nitrogen and oxygen atoms in total. The van der Waals surface area contributed by atoms with E-state index in [4.69, 9.17) is 18.9 Å². The first kappa shape index (κ1) is 32.2. The van der Waals surface area contributed by atoms with Crippen molar-refractivity contribution in [3.05, 3.63) is 116 Å². The number of methoxy groups -OCH3 is 1. The maximum atomic E-state index is 14.1. The van der Waals surface area contributed by atoms with Gasteiger partial charge in [-0.15, -0.1) is 0 Å². The van der Waals surface area contributed by atoms with E-state index in [0.29, 0.717) is 50.9 Å². The van der Waals surface area contributed by atoms with Crippen LogP contribution in [0.4, 0.5) is 4.39 Å². The van der Waals surface area contributed by atoms with Crippen molar-refractivity contribution in [1.82, 2.24) is 4.57 Å². The van der Waals surface area contributed by atoms with Crippen molar-refractivity contribution in [1.29, 1.82) is 0 Å². The van der Waals surface area contributed by atoms with Crippen LogP contribution in [0.1, 0.15) is 36.6 Å². The number of rotatable bonds is 10. The second-order valence-corrected chi connectivity index (χ2v) is 12.8. The molecule has 5 rings (SSSR count). The third-order valence-corrected chi connectivity index (χ3v) is 9.26. The molecule has 0 N–H and O–H groups in total. The van der Waals surface area contributed by atoms with Gasteiger partial charge in [0.05, 0.1) is 43.6 Å². The molecule has 4 aromatic rings. The van der Waals surface area contributed by atoms with Crippen molar-refractivity contribution in [2.45, 2.75) is 26.5 Å². The molecule has 2 heterocycles. The highest BCUT2D eigenvalue weighted by atomic mass is 127. The van der Waals surface area contributed by atoms with E-state index in [-0.39, 0.29) is 23.6 Å². The third kappa shape index (κ3) is 6.71. The zero-order valence-electron chi connectivity index (χ0n) is 23.9. The molecular formula is C32H27FI2N2O6S. The Balaban J connectivity index is 1.55. The van der Waals surface area contributed by atoms with Crippen LogP contribution < -0.4 is 29.1 Å². The van der Waals surface area contributed by atoms with Crippen LogP contribution in [-0.2, 0) is 16.1 Å². The van der Waals surface area contributed by atoms with Crippen LogP contribution in [0.25, 0.3) is 6.08 Å². The molecule has 12 heteroatoms. The molecule has 3 aromatic carbocycles. The molecule has 1 aliphatic rings. The molecule has 0 bridgehead atoms. The van der Waals surface area contributed by atoms with Crippen LogP contribution in [0.15, 0.2) is 76.2 Å².